The summed E-state index contributed by atoms with van der Waals surface area (Å²) < 4.78 is 20.0. The molecule has 0 fully saturated rings. The molecule has 0 saturated heterocycles. The topological polar surface area (TPSA) is 87.0 Å². The number of anilines is 2. The Morgan fingerprint density at radius 1 is 1.24 bits per heavy atom. The molecule has 5 nitrogen and oxygen atoms in total. The molecular formula is C10H8FN4NaO. The van der Waals surface area contributed by atoms with Crippen LogP contribution in [0.4, 0.5) is 16.2 Å². The molecule has 1 heterocycles. The van der Waals surface area contributed by atoms with Crippen molar-refractivity contribution in [3.05, 3.63) is 30.1 Å². The Labute approximate surface area is 114 Å². The zero-order chi connectivity index (χ0) is 12.4. The first-order chi connectivity index (χ1) is 8.06. The van der Waals surface area contributed by atoms with Crippen LogP contribution in [0.15, 0.2) is 24.3 Å². The average Bonchev–Trinajstić information content (AvgIpc) is 2.25. The van der Waals surface area contributed by atoms with E-state index in [2.05, 4.69) is 9.97 Å². The standard InChI is InChI=1S/C10H8FN4O.Na/c11-7-8(12)14-10(13)15-9(7)16-6-4-2-1-3-5-6;/h1-2,4-5H,(H4,12,13,14,15);. The molecule has 0 unspecified atom stereocenters. The quantitative estimate of drug-likeness (QED) is 0.743. The molecule has 0 saturated carbocycles. The van der Waals surface area contributed by atoms with Gasteiger partial charge in [-0.3, -0.25) is 0 Å². The molecule has 17 heavy (non-hydrogen) atoms. The molecule has 0 bridgehead atoms. The molecule has 0 aliphatic heterocycles. The zero-order valence-electron chi connectivity index (χ0n) is 9.14. The predicted octanol–water partition coefficient (Wildman–Crippen LogP) is 0.366. The van der Waals surface area contributed by atoms with Crippen molar-refractivity contribution in [1.29, 1.82) is 0 Å². The van der Waals surface area contributed by atoms with Gasteiger partial charge in [0.05, 0.1) is 0 Å². The number of nitrogens with zero attached hydrogens (tertiary/aromatic N) is 2. The Balaban J connectivity index is 2.36. The SMILES string of the molecule is Nc1nc(N)c(F)c(Oc2ccc[c]([Na])c2)n1. The Morgan fingerprint density at radius 3 is 2.71 bits per heavy atom. The summed E-state index contributed by atoms with van der Waals surface area (Å²) in [6.45, 7) is 0. The van der Waals surface area contributed by atoms with Crippen LogP contribution in [0.5, 0.6) is 11.6 Å². The predicted molar refractivity (Wildman–Crippen MR) is 62.7 cm³/mol. The maximum atomic E-state index is 13.5. The van der Waals surface area contributed by atoms with Gasteiger partial charge in [0.25, 0.3) is 0 Å². The van der Waals surface area contributed by atoms with Crippen LogP contribution in [0.1, 0.15) is 0 Å². The number of aromatic nitrogens is 2. The van der Waals surface area contributed by atoms with Gasteiger partial charge in [0.1, 0.15) is 0 Å². The average molecular weight is 242 g/mol. The van der Waals surface area contributed by atoms with Gasteiger partial charge in [-0.05, 0) is 0 Å². The van der Waals surface area contributed by atoms with Crippen molar-refractivity contribution in [2.75, 3.05) is 11.5 Å². The van der Waals surface area contributed by atoms with Gasteiger partial charge in [-0.15, -0.1) is 0 Å². The van der Waals surface area contributed by atoms with Gasteiger partial charge in [-0.2, -0.15) is 0 Å². The summed E-state index contributed by atoms with van der Waals surface area (Å²) >= 11 is 0.878. The summed E-state index contributed by atoms with van der Waals surface area (Å²) in [5.74, 6) is -1.02. The van der Waals surface area contributed by atoms with Crippen LogP contribution in [0, 0.1) is 5.82 Å². The van der Waals surface area contributed by atoms with Crippen molar-refractivity contribution >= 4 is 42.5 Å². The van der Waals surface area contributed by atoms with Crippen molar-refractivity contribution in [2.24, 2.45) is 0 Å². The van der Waals surface area contributed by atoms with Gasteiger partial charge in [0.15, 0.2) is 0 Å². The number of nitrogen functional groups attached to an aromatic ring is 2. The second kappa shape index (κ2) is 4.87. The first-order valence-corrected chi connectivity index (χ1v) is 5.89. The van der Waals surface area contributed by atoms with Gasteiger partial charge in [0.2, 0.25) is 0 Å². The van der Waals surface area contributed by atoms with Crippen molar-refractivity contribution in [3.63, 3.8) is 0 Å². The number of halogens is 1. The number of rotatable bonds is 2. The second-order valence-corrected chi connectivity index (χ2v) is 4.66. The Kier molecular flexibility index (Phi) is 3.46. The van der Waals surface area contributed by atoms with E-state index in [1.165, 1.54) is 0 Å². The molecule has 0 amide bonds. The number of ether oxygens (including phenoxy) is 1. The molecule has 2 aromatic rings. The van der Waals surface area contributed by atoms with E-state index in [-0.39, 0.29) is 17.6 Å². The number of hydrogen-bond donors (Lipinski definition) is 2. The Bertz CT molecular complexity index is 564. The first-order valence-electron chi connectivity index (χ1n) is 4.89. The van der Waals surface area contributed by atoms with Crippen molar-refractivity contribution in [1.82, 2.24) is 9.97 Å². The molecule has 7 heteroatoms. The van der Waals surface area contributed by atoms with Crippen LogP contribution in [-0.2, 0) is 0 Å². The van der Waals surface area contributed by atoms with E-state index >= 15 is 0 Å². The molecule has 2 rings (SSSR count). The van der Waals surface area contributed by atoms with E-state index in [9.17, 15) is 4.39 Å². The molecular weight excluding hydrogens is 234 g/mol. The number of benzene rings is 1. The van der Waals surface area contributed by atoms with Crippen LogP contribution in [0.3, 0.4) is 0 Å². The second-order valence-electron chi connectivity index (χ2n) is 3.50. The fourth-order valence-electron chi connectivity index (χ4n) is 1.32. The van der Waals surface area contributed by atoms with Crippen LogP contribution in [-0.4, -0.2) is 37.9 Å². The monoisotopic (exact) mass is 242 g/mol. The third kappa shape index (κ3) is 2.85. The number of nitrogens with two attached hydrogens (primary N) is 2. The molecule has 82 valence electrons. The van der Waals surface area contributed by atoms with Crippen molar-refractivity contribution in [3.8, 4) is 11.6 Å². The molecule has 0 aliphatic rings. The fraction of sp³-hybridized carbons (Fsp3) is 0. The molecule has 0 spiro atoms. The summed E-state index contributed by atoms with van der Waals surface area (Å²) in [6, 6.07) is 7.29. The van der Waals surface area contributed by atoms with E-state index in [1.54, 1.807) is 12.1 Å². The molecule has 4 N–H and O–H groups in total. The summed E-state index contributed by atoms with van der Waals surface area (Å²) in [7, 11) is 0. The zero-order valence-corrected chi connectivity index (χ0v) is 11.1. The summed E-state index contributed by atoms with van der Waals surface area (Å²) in [5.41, 5.74) is 10.7. The van der Waals surface area contributed by atoms with E-state index in [0.717, 1.165) is 30.7 Å². The van der Waals surface area contributed by atoms with E-state index in [4.69, 9.17) is 16.2 Å². The van der Waals surface area contributed by atoms with Crippen LogP contribution in [0.25, 0.3) is 0 Å². The molecule has 1 aromatic heterocycles. The Hall–Kier alpha value is -1.37. The molecule has 0 aliphatic carbocycles. The summed E-state index contributed by atoms with van der Waals surface area (Å²) in [6.07, 6.45) is 0. The minimum absolute atomic E-state index is 0.124. The first kappa shape index (κ1) is 12.1. The van der Waals surface area contributed by atoms with Crippen LogP contribution < -0.4 is 19.0 Å². The van der Waals surface area contributed by atoms with E-state index in [1.807, 2.05) is 12.1 Å². The van der Waals surface area contributed by atoms with Crippen molar-refractivity contribution < 1.29 is 9.13 Å². The summed E-state index contributed by atoms with van der Waals surface area (Å²) in [5, 5.41) is 0. The van der Waals surface area contributed by atoms with Gasteiger partial charge in [-0.1, -0.05) is 0 Å². The van der Waals surface area contributed by atoms with E-state index < -0.39 is 5.82 Å². The number of hydrogen-bond acceptors (Lipinski definition) is 5. The Morgan fingerprint density at radius 2 is 2.00 bits per heavy atom. The van der Waals surface area contributed by atoms with Crippen LogP contribution >= 0.6 is 0 Å². The summed E-state index contributed by atoms with van der Waals surface area (Å²) in [4.78, 5) is 7.15. The van der Waals surface area contributed by atoms with Gasteiger partial charge in [-0.25, -0.2) is 0 Å². The van der Waals surface area contributed by atoms with Crippen LogP contribution in [0.2, 0.25) is 0 Å². The minimum atomic E-state index is -0.807. The van der Waals surface area contributed by atoms with E-state index in [0.29, 0.717) is 5.75 Å². The van der Waals surface area contributed by atoms with Gasteiger partial charge >= 0.3 is 115 Å². The van der Waals surface area contributed by atoms with Gasteiger partial charge in [0, 0.05) is 0 Å². The molecule has 0 radical (unpaired) electrons. The van der Waals surface area contributed by atoms with Gasteiger partial charge < -0.3 is 0 Å². The molecule has 0 atom stereocenters. The fourth-order valence-corrected chi connectivity index (χ4v) is 1.80. The van der Waals surface area contributed by atoms with Crippen molar-refractivity contribution in [2.45, 2.75) is 0 Å². The normalized spacial score (nSPS) is 10.3. The third-order valence-corrected chi connectivity index (χ3v) is 2.69. The third-order valence-electron chi connectivity index (χ3n) is 2.07. The maximum absolute atomic E-state index is 13.5. The molecule has 1 aromatic carbocycles.